The number of nitrogens with zero attached hydrogens (tertiary/aromatic N) is 4. The van der Waals surface area contributed by atoms with Crippen molar-refractivity contribution in [1.29, 1.82) is 0 Å². The van der Waals surface area contributed by atoms with Gasteiger partial charge in [0.25, 0.3) is 11.8 Å². The van der Waals surface area contributed by atoms with Crippen molar-refractivity contribution in [2.24, 2.45) is 0 Å². The van der Waals surface area contributed by atoms with Gasteiger partial charge in [-0.1, -0.05) is 24.1 Å². The van der Waals surface area contributed by atoms with Crippen molar-refractivity contribution in [2.45, 2.75) is 13.3 Å². The highest BCUT2D eigenvalue weighted by Gasteiger charge is 2.39. The monoisotopic (exact) mass is 336 g/mol. The van der Waals surface area contributed by atoms with Gasteiger partial charge in [0.1, 0.15) is 0 Å². The molecule has 3 heterocycles. The number of hydrogen-bond donors (Lipinski definition) is 0. The van der Waals surface area contributed by atoms with Gasteiger partial charge in [0.05, 0.1) is 17.3 Å². The summed E-state index contributed by atoms with van der Waals surface area (Å²) >= 11 is 0. The van der Waals surface area contributed by atoms with Crippen LogP contribution in [0.2, 0.25) is 0 Å². The summed E-state index contributed by atoms with van der Waals surface area (Å²) < 4.78 is 1.54. The average Bonchev–Trinajstić information content (AvgIpc) is 3.16. The molecular weight excluding hydrogens is 324 g/mol. The number of carbonyl (C=O) groups excluding carboxylic acids is 3. The van der Waals surface area contributed by atoms with Gasteiger partial charge in [-0.25, -0.2) is 14.3 Å². The van der Waals surface area contributed by atoms with Gasteiger partial charge in [-0.05, 0) is 24.6 Å². The van der Waals surface area contributed by atoms with Gasteiger partial charge in [0.2, 0.25) is 0 Å². The van der Waals surface area contributed by atoms with Gasteiger partial charge in [-0.2, -0.15) is 5.10 Å². The van der Waals surface area contributed by atoms with Gasteiger partial charge < -0.3 is 4.84 Å². The van der Waals surface area contributed by atoms with E-state index in [2.05, 4.69) is 10.1 Å². The van der Waals surface area contributed by atoms with Crippen molar-refractivity contribution in [2.75, 3.05) is 0 Å². The first-order valence-corrected chi connectivity index (χ1v) is 7.63. The summed E-state index contributed by atoms with van der Waals surface area (Å²) in [4.78, 5) is 46.1. The highest BCUT2D eigenvalue weighted by molar-refractivity contribution is 6.21. The lowest BCUT2D eigenvalue weighted by molar-refractivity contribution is -0.0588. The van der Waals surface area contributed by atoms with E-state index in [1.165, 1.54) is 22.7 Å². The SMILES string of the molecule is CCc1cnn2ccc(C(=O)ON3C(=O)c4ccccc4C3=O)nc12. The number of hydrogen-bond acceptors (Lipinski definition) is 6. The Balaban J connectivity index is 1.63. The maximum atomic E-state index is 12.3. The van der Waals surface area contributed by atoms with Gasteiger partial charge in [-0.3, -0.25) is 9.59 Å². The Morgan fingerprint density at radius 3 is 2.44 bits per heavy atom. The third-order valence-corrected chi connectivity index (χ3v) is 3.96. The fraction of sp³-hybridized carbons (Fsp3) is 0.118. The van der Waals surface area contributed by atoms with Crippen molar-refractivity contribution >= 4 is 23.4 Å². The predicted molar refractivity (Wildman–Crippen MR) is 84.7 cm³/mol. The normalized spacial score (nSPS) is 13.4. The second-order valence-corrected chi connectivity index (χ2v) is 5.43. The summed E-state index contributed by atoms with van der Waals surface area (Å²) in [6, 6.07) is 7.70. The molecule has 1 aliphatic heterocycles. The molecule has 2 aromatic heterocycles. The lowest BCUT2D eigenvalue weighted by Crippen LogP contribution is -2.33. The Bertz CT molecular complexity index is 1010. The maximum Gasteiger partial charge on any atom is 0.382 e. The topological polar surface area (TPSA) is 93.9 Å². The second-order valence-electron chi connectivity index (χ2n) is 5.43. The second kappa shape index (κ2) is 5.52. The van der Waals surface area contributed by atoms with E-state index in [9.17, 15) is 14.4 Å². The third-order valence-electron chi connectivity index (χ3n) is 3.96. The Labute approximate surface area is 141 Å². The summed E-state index contributed by atoms with van der Waals surface area (Å²) in [5, 5.41) is 4.60. The van der Waals surface area contributed by atoms with E-state index >= 15 is 0 Å². The number of benzene rings is 1. The Morgan fingerprint density at radius 2 is 1.80 bits per heavy atom. The van der Waals surface area contributed by atoms with E-state index in [-0.39, 0.29) is 16.8 Å². The van der Waals surface area contributed by atoms with Crippen LogP contribution >= 0.6 is 0 Å². The summed E-state index contributed by atoms with van der Waals surface area (Å²) in [6.07, 6.45) is 3.94. The molecule has 4 rings (SSSR count). The molecule has 0 saturated heterocycles. The largest absolute Gasteiger partial charge is 0.382 e. The number of imide groups is 1. The van der Waals surface area contributed by atoms with E-state index in [1.54, 1.807) is 24.5 Å². The number of aromatic nitrogens is 3. The Morgan fingerprint density at radius 1 is 1.12 bits per heavy atom. The van der Waals surface area contributed by atoms with Gasteiger partial charge in [-0.15, -0.1) is 0 Å². The molecule has 1 aliphatic rings. The number of fused-ring (bicyclic) bond motifs is 2. The third kappa shape index (κ3) is 2.26. The first-order chi connectivity index (χ1) is 12.1. The zero-order valence-electron chi connectivity index (χ0n) is 13.2. The molecule has 0 atom stereocenters. The van der Waals surface area contributed by atoms with E-state index in [0.717, 1.165) is 5.56 Å². The van der Waals surface area contributed by atoms with Gasteiger partial charge >= 0.3 is 5.97 Å². The molecular formula is C17H12N4O4. The lowest BCUT2D eigenvalue weighted by Gasteiger charge is -2.12. The first-order valence-electron chi connectivity index (χ1n) is 7.63. The van der Waals surface area contributed by atoms with Crippen molar-refractivity contribution in [3.63, 3.8) is 0 Å². The standard InChI is InChI=1S/C17H12N4O4/c1-2-10-9-18-20-8-7-13(19-14(10)20)17(24)25-21-15(22)11-5-3-4-6-12(11)16(21)23/h3-9H,2H2,1H3. The molecule has 0 radical (unpaired) electrons. The molecule has 124 valence electrons. The summed E-state index contributed by atoms with van der Waals surface area (Å²) in [5.74, 6) is -2.23. The van der Waals surface area contributed by atoms with E-state index in [0.29, 0.717) is 17.1 Å². The highest BCUT2D eigenvalue weighted by Crippen LogP contribution is 2.23. The van der Waals surface area contributed by atoms with Crippen LogP contribution in [0.15, 0.2) is 42.7 Å². The number of hydroxylamine groups is 2. The first kappa shape index (κ1) is 15.0. The van der Waals surface area contributed by atoms with Crippen molar-refractivity contribution in [1.82, 2.24) is 19.7 Å². The van der Waals surface area contributed by atoms with Crippen molar-refractivity contribution < 1.29 is 19.2 Å². The average molecular weight is 336 g/mol. The Kier molecular flexibility index (Phi) is 3.31. The number of carbonyl (C=O) groups is 3. The highest BCUT2D eigenvalue weighted by atomic mass is 16.7. The molecule has 0 unspecified atom stereocenters. The molecule has 8 heteroatoms. The minimum Gasteiger partial charge on any atom is -0.323 e. The van der Waals surface area contributed by atoms with E-state index < -0.39 is 17.8 Å². The van der Waals surface area contributed by atoms with Gasteiger partial charge in [0.15, 0.2) is 11.3 Å². The molecule has 25 heavy (non-hydrogen) atoms. The molecule has 0 aliphatic carbocycles. The fourth-order valence-electron chi connectivity index (χ4n) is 2.66. The molecule has 3 aromatic rings. The maximum absolute atomic E-state index is 12.3. The molecule has 1 aromatic carbocycles. The number of rotatable bonds is 3. The van der Waals surface area contributed by atoms with Crippen LogP contribution in [0.1, 0.15) is 43.7 Å². The minimum absolute atomic E-state index is 0.0146. The van der Waals surface area contributed by atoms with Crippen LogP contribution in [0, 0.1) is 0 Å². The lowest BCUT2D eigenvalue weighted by atomic mass is 10.1. The Hall–Kier alpha value is -3.55. The molecule has 0 fully saturated rings. The molecule has 2 amide bonds. The van der Waals surface area contributed by atoms with Crippen LogP contribution < -0.4 is 0 Å². The number of amides is 2. The quantitative estimate of drug-likeness (QED) is 0.675. The summed E-state index contributed by atoms with van der Waals surface area (Å²) in [5.41, 5.74) is 1.79. The molecule has 0 spiro atoms. The van der Waals surface area contributed by atoms with E-state index in [1.807, 2.05) is 6.92 Å². The predicted octanol–water partition coefficient (Wildman–Crippen LogP) is 1.66. The van der Waals surface area contributed by atoms with Crippen molar-refractivity contribution in [3.05, 3.63) is 65.1 Å². The van der Waals surface area contributed by atoms with Crippen LogP contribution in [0.5, 0.6) is 0 Å². The number of aryl methyl sites for hydroxylation is 1. The fourth-order valence-corrected chi connectivity index (χ4v) is 2.66. The summed E-state index contributed by atoms with van der Waals surface area (Å²) in [7, 11) is 0. The van der Waals surface area contributed by atoms with Crippen molar-refractivity contribution in [3.8, 4) is 0 Å². The molecule has 0 bridgehead atoms. The smallest absolute Gasteiger partial charge is 0.323 e. The van der Waals surface area contributed by atoms with Crippen LogP contribution in [0.4, 0.5) is 0 Å². The van der Waals surface area contributed by atoms with Crippen LogP contribution in [-0.2, 0) is 11.3 Å². The molecule has 0 N–H and O–H groups in total. The van der Waals surface area contributed by atoms with Crippen LogP contribution in [0.3, 0.4) is 0 Å². The van der Waals surface area contributed by atoms with Gasteiger partial charge in [0, 0.05) is 11.8 Å². The minimum atomic E-state index is -0.889. The molecule has 8 nitrogen and oxygen atoms in total. The zero-order valence-corrected chi connectivity index (χ0v) is 13.2. The zero-order chi connectivity index (χ0) is 17.6. The summed E-state index contributed by atoms with van der Waals surface area (Å²) in [6.45, 7) is 1.95. The van der Waals surface area contributed by atoms with Crippen LogP contribution in [0.25, 0.3) is 5.65 Å². The molecule has 0 saturated carbocycles. The van der Waals surface area contributed by atoms with Crippen LogP contribution in [-0.4, -0.2) is 37.4 Å². The van der Waals surface area contributed by atoms with E-state index in [4.69, 9.17) is 4.84 Å².